The van der Waals surface area contributed by atoms with Crippen molar-refractivity contribution in [3.05, 3.63) is 0 Å². The zero-order chi connectivity index (χ0) is 11.7. The maximum Gasteiger partial charge on any atom is 0.224 e. The first-order valence-corrected chi connectivity index (χ1v) is 5.59. The lowest BCUT2D eigenvalue weighted by Gasteiger charge is -2.16. The van der Waals surface area contributed by atoms with Crippen molar-refractivity contribution >= 4 is 5.91 Å². The van der Waals surface area contributed by atoms with Gasteiger partial charge in [0.25, 0.3) is 0 Å². The monoisotopic (exact) mass is 216 g/mol. The normalized spacial score (nSPS) is 10.7. The van der Waals surface area contributed by atoms with E-state index in [9.17, 15) is 4.79 Å². The van der Waals surface area contributed by atoms with E-state index in [2.05, 4.69) is 13.8 Å². The standard InChI is InChI=1S/C11H24N2O2/c1-10(2)9-15-8-5-11(14)13(3)7-4-6-12/h10H,4-9,12H2,1-3H3. The third-order valence-corrected chi connectivity index (χ3v) is 2.03. The lowest BCUT2D eigenvalue weighted by Crippen LogP contribution is -2.29. The lowest BCUT2D eigenvalue weighted by molar-refractivity contribution is -0.131. The van der Waals surface area contributed by atoms with Crippen LogP contribution in [0.4, 0.5) is 0 Å². The van der Waals surface area contributed by atoms with E-state index in [1.807, 2.05) is 0 Å². The van der Waals surface area contributed by atoms with E-state index >= 15 is 0 Å². The van der Waals surface area contributed by atoms with Gasteiger partial charge in [0.1, 0.15) is 0 Å². The van der Waals surface area contributed by atoms with Crippen LogP contribution in [0.25, 0.3) is 0 Å². The molecule has 0 saturated heterocycles. The van der Waals surface area contributed by atoms with Gasteiger partial charge >= 0.3 is 0 Å². The highest BCUT2D eigenvalue weighted by Gasteiger charge is 2.07. The fourth-order valence-electron chi connectivity index (χ4n) is 1.12. The van der Waals surface area contributed by atoms with Crippen molar-refractivity contribution in [3.8, 4) is 0 Å². The molecule has 0 aromatic carbocycles. The molecule has 0 spiro atoms. The Hall–Kier alpha value is -0.610. The third-order valence-electron chi connectivity index (χ3n) is 2.03. The highest BCUT2D eigenvalue weighted by atomic mass is 16.5. The summed E-state index contributed by atoms with van der Waals surface area (Å²) in [5.41, 5.74) is 5.37. The number of ether oxygens (including phenoxy) is 1. The zero-order valence-electron chi connectivity index (χ0n) is 10.2. The van der Waals surface area contributed by atoms with Crippen molar-refractivity contribution in [1.29, 1.82) is 0 Å². The summed E-state index contributed by atoms with van der Waals surface area (Å²) < 4.78 is 5.35. The lowest BCUT2D eigenvalue weighted by atomic mass is 10.2. The van der Waals surface area contributed by atoms with Crippen LogP contribution in [0.15, 0.2) is 0 Å². The summed E-state index contributed by atoms with van der Waals surface area (Å²) in [6, 6.07) is 0. The molecule has 0 bridgehead atoms. The topological polar surface area (TPSA) is 55.6 Å². The minimum absolute atomic E-state index is 0.132. The van der Waals surface area contributed by atoms with Crippen molar-refractivity contribution in [3.63, 3.8) is 0 Å². The molecule has 90 valence electrons. The van der Waals surface area contributed by atoms with Crippen LogP contribution in [0.5, 0.6) is 0 Å². The van der Waals surface area contributed by atoms with E-state index in [1.165, 1.54) is 0 Å². The van der Waals surface area contributed by atoms with Gasteiger partial charge < -0.3 is 15.4 Å². The zero-order valence-corrected chi connectivity index (χ0v) is 10.2. The summed E-state index contributed by atoms with van der Waals surface area (Å²) >= 11 is 0. The van der Waals surface area contributed by atoms with Crippen LogP contribution < -0.4 is 5.73 Å². The molecule has 0 fully saturated rings. The molecule has 2 N–H and O–H groups in total. The van der Waals surface area contributed by atoms with Crippen LogP contribution in [0, 0.1) is 5.92 Å². The van der Waals surface area contributed by atoms with Crippen molar-refractivity contribution < 1.29 is 9.53 Å². The third kappa shape index (κ3) is 8.39. The fourth-order valence-corrected chi connectivity index (χ4v) is 1.12. The summed E-state index contributed by atoms with van der Waals surface area (Å²) in [7, 11) is 1.81. The summed E-state index contributed by atoms with van der Waals surface area (Å²) in [6.07, 6.45) is 1.32. The van der Waals surface area contributed by atoms with Crippen LogP contribution in [-0.4, -0.2) is 44.2 Å². The quantitative estimate of drug-likeness (QED) is 0.612. The summed E-state index contributed by atoms with van der Waals surface area (Å²) in [6.45, 7) is 6.79. The van der Waals surface area contributed by atoms with Gasteiger partial charge in [-0.1, -0.05) is 13.8 Å². The molecule has 0 aliphatic rings. The molecule has 0 aromatic rings. The Morgan fingerprint density at radius 2 is 2.13 bits per heavy atom. The second-order valence-electron chi connectivity index (χ2n) is 4.18. The van der Waals surface area contributed by atoms with Gasteiger partial charge in [-0.15, -0.1) is 0 Å². The van der Waals surface area contributed by atoms with Gasteiger partial charge in [-0.25, -0.2) is 0 Å². The molecule has 1 amide bonds. The summed E-state index contributed by atoms with van der Waals surface area (Å²) in [5.74, 6) is 0.655. The smallest absolute Gasteiger partial charge is 0.224 e. The highest BCUT2D eigenvalue weighted by Crippen LogP contribution is 1.96. The second kappa shape index (κ2) is 8.68. The van der Waals surface area contributed by atoms with Crippen molar-refractivity contribution in [2.24, 2.45) is 11.7 Å². The minimum Gasteiger partial charge on any atom is -0.381 e. The Kier molecular flexibility index (Phi) is 8.33. The number of carbonyl (C=O) groups is 1. The number of hydrogen-bond donors (Lipinski definition) is 1. The first kappa shape index (κ1) is 14.4. The molecule has 0 saturated carbocycles. The molecule has 15 heavy (non-hydrogen) atoms. The van der Waals surface area contributed by atoms with Gasteiger partial charge in [0, 0.05) is 20.2 Å². The molecule has 4 heteroatoms. The summed E-state index contributed by atoms with van der Waals surface area (Å²) in [5, 5.41) is 0. The number of nitrogens with zero attached hydrogens (tertiary/aromatic N) is 1. The molecule has 0 aliphatic heterocycles. The maximum atomic E-state index is 11.5. The molecule has 4 nitrogen and oxygen atoms in total. The van der Waals surface area contributed by atoms with E-state index in [0.29, 0.717) is 25.5 Å². The molecule has 0 radical (unpaired) electrons. The predicted molar refractivity (Wildman–Crippen MR) is 61.6 cm³/mol. The van der Waals surface area contributed by atoms with E-state index < -0.39 is 0 Å². The van der Waals surface area contributed by atoms with Crippen molar-refractivity contribution in [2.75, 3.05) is 33.4 Å². The van der Waals surface area contributed by atoms with E-state index in [1.54, 1.807) is 11.9 Å². The van der Waals surface area contributed by atoms with Gasteiger partial charge in [0.2, 0.25) is 5.91 Å². The van der Waals surface area contributed by atoms with Crippen LogP contribution in [0.3, 0.4) is 0 Å². The predicted octanol–water partition coefficient (Wildman–Crippen LogP) is 0.856. The van der Waals surface area contributed by atoms with E-state index in [4.69, 9.17) is 10.5 Å². The number of amides is 1. The Labute approximate surface area is 92.8 Å². The Morgan fingerprint density at radius 3 is 2.67 bits per heavy atom. The maximum absolute atomic E-state index is 11.5. The summed E-state index contributed by atoms with van der Waals surface area (Å²) in [4.78, 5) is 13.2. The first-order chi connectivity index (χ1) is 7.07. The minimum atomic E-state index is 0.132. The van der Waals surface area contributed by atoms with Crippen LogP contribution in [0.1, 0.15) is 26.7 Å². The Morgan fingerprint density at radius 1 is 1.47 bits per heavy atom. The Bertz CT molecular complexity index is 172. The fraction of sp³-hybridized carbons (Fsp3) is 0.909. The second-order valence-corrected chi connectivity index (χ2v) is 4.18. The number of carbonyl (C=O) groups excluding carboxylic acids is 1. The molecule has 0 rings (SSSR count). The van der Waals surface area contributed by atoms with Gasteiger partial charge in [-0.2, -0.15) is 0 Å². The largest absolute Gasteiger partial charge is 0.381 e. The molecular formula is C11H24N2O2. The number of nitrogens with two attached hydrogens (primary N) is 1. The molecule has 0 heterocycles. The molecule has 0 atom stereocenters. The first-order valence-electron chi connectivity index (χ1n) is 5.59. The average molecular weight is 216 g/mol. The van der Waals surface area contributed by atoms with Gasteiger partial charge in [-0.3, -0.25) is 4.79 Å². The number of hydrogen-bond acceptors (Lipinski definition) is 3. The molecule has 0 aliphatic carbocycles. The van der Waals surface area contributed by atoms with Gasteiger partial charge in [-0.05, 0) is 18.9 Å². The molecule has 0 aromatic heterocycles. The van der Waals surface area contributed by atoms with Crippen LogP contribution in [0.2, 0.25) is 0 Å². The van der Waals surface area contributed by atoms with Crippen LogP contribution in [-0.2, 0) is 9.53 Å². The highest BCUT2D eigenvalue weighted by molar-refractivity contribution is 5.75. The average Bonchev–Trinajstić information content (AvgIpc) is 2.20. The molecular weight excluding hydrogens is 192 g/mol. The SMILES string of the molecule is CC(C)COCCC(=O)N(C)CCCN. The van der Waals surface area contributed by atoms with Gasteiger partial charge in [0.05, 0.1) is 13.0 Å². The van der Waals surface area contributed by atoms with Gasteiger partial charge in [0.15, 0.2) is 0 Å². The van der Waals surface area contributed by atoms with E-state index in [-0.39, 0.29) is 5.91 Å². The van der Waals surface area contributed by atoms with Crippen molar-refractivity contribution in [1.82, 2.24) is 4.90 Å². The van der Waals surface area contributed by atoms with Crippen LogP contribution >= 0.6 is 0 Å². The molecule has 0 unspecified atom stereocenters. The van der Waals surface area contributed by atoms with Crippen molar-refractivity contribution in [2.45, 2.75) is 26.7 Å². The number of rotatable bonds is 8. The Balaban J connectivity index is 3.47. The van der Waals surface area contributed by atoms with E-state index in [0.717, 1.165) is 19.6 Å².